The maximum Gasteiger partial charge on any atom is 0.258 e. The molecule has 3 aromatic rings. The molecular weight excluding hydrogens is 340 g/mol. The van der Waals surface area contributed by atoms with Crippen molar-refractivity contribution in [2.75, 3.05) is 36.8 Å². The second-order valence-electron chi connectivity index (χ2n) is 7.07. The lowest BCUT2D eigenvalue weighted by atomic mass is 10.2. The lowest BCUT2D eigenvalue weighted by Gasteiger charge is -2.37. The van der Waals surface area contributed by atoms with Crippen molar-refractivity contribution in [3.8, 4) is 22.8 Å². The van der Waals surface area contributed by atoms with Crippen LogP contribution in [0.3, 0.4) is 0 Å². The molecule has 7 nitrogen and oxygen atoms in total. The molecule has 0 radical (unpaired) electrons. The van der Waals surface area contributed by atoms with Gasteiger partial charge in [-0.2, -0.15) is 4.98 Å². The molecule has 2 aromatic heterocycles. The average molecular weight is 364 g/mol. The molecule has 0 aliphatic carbocycles. The number of nitrogens with zero attached hydrogens (tertiary/aromatic N) is 5. The summed E-state index contributed by atoms with van der Waals surface area (Å²) in [7, 11) is 0. The van der Waals surface area contributed by atoms with Crippen molar-refractivity contribution in [2.24, 2.45) is 0 Å². The van der Waals surface area contributed by atoms with Crippen molar-refractivity contribution >= 4 is 11.5 Å². The SMILES string of the molecule is CC(C)N1CCN(c2ccc(-c3noc(-c4ccc(N)cc4)n3)cn2)CC1. The minimum atomic E-state index is 0.471. The first-order valence-electron chi connectivity index (χ1n) is 9.25. The molecule has 4 rings (SSSR count). The van der Waals surface area contributed by atoms with Crippen LogP contribution >= 0.6 is 0 Å². The highest BCUT2D eigenvalue weighted by Crippen LogP contribution is 2.24. The molecule has 1 saturated heterocycles. The van der Waals surface area contributed by atoms with E-state index in [2.05, 4.69) is 38.8 Å². The molecule has 2 N–H and O–H groups in total. The van der Waals surface area contributed by atoms with Gasteiger partial charge in [-0.05, 0) is 50.2 Å². The van der Waals surface area contributed by atoms with Gasteiger partial charge in [0.25, 0.3) is 5.89 Å². The van der Waals surface area contributed by atoms with E-state index in [-0.39, 0.29) is 0 Å². The van der Waals surface area contributed by atoms with Crippen molar-refractivity contribution in [2.45, 2.75) is 19.9 Å². The van der Waals surface area contributed by atoms with E-state index in [9.17, 15) is 0 Å². The molecule has 1 fully saturated rings. The minimum Gasteiger partial charge on any atom is -0.399 e. The quantitative estimate of drug-likeness (QED) is 0.713. The van der Waals surface area contributed by atoms with E-state index in [0.717, 1.165) is 43.1 Å². The Morgan fingerprint density at radius 3 is 2.30 bits per heavy atom. The fourth-order valence-electron chi connectivity index (χ4n) is 3.26. The Kier molecular flexibility index (Phi) is 4.77. The number of aromatic nitrogens is 3. The molecule has 1 aliphatic rings. The molecule has 1 aromatic carbocycles. The van der Waals surface area contributed by atoms with E-state index in [1.54, 1.807) is 0 Å². The van der Waals surface area contributed by atoms with Crippen LogP contribution in [0.15, 0.2) is 47.1 Å². The number of benzene rings is 1. The van der Waals surface area contributed by atoms with Gasteiger partial charge in [0.2, 0.25) is 5.82 Å². The number of anilines is 2. The average Bonchev–Trinajstić information content (AvgIpc) is 3.19. The Morgan fingerprint density at radius 2 is 1.67 bits per heavy atom. The van der Waals surface area contributed by atoms with Crippen LogP contribution in [-0.4, -0.2) is 52.2 Å². The van der Waals surface area contributed by atoms with Gasteiger partial charge in [0, 0.05) is 55.2 Å². The summed E-state index contributed by atoms with van der Waals surface area (Å²) in [5.41, 5.74) is 8.10. The molecule has 0 spiro atoms. The smallest absolute Gasteiger partial charge is 0.258 e. The van der Waals surface area contributed by atoms with Crippen LogP contribution in [0.25, 0.3) is 22.8 Å². The molecule has 3 heterocycles. The van der Waals surface area contributed by atoms with Gasteiger partial charge in [-0.1, -0.05) is 5.16 Å². The number of rotatable bonds is 4. The van der Waals surface area contributed by atoms with Crippen molar-refractivity contribution in [1.82, 2.24) is 20.0 Å². The zero-order valence-corrected chi connectivity index (χ0v) is 15.7. The monoisotopic (exact) mass is 364 g/mol. The summed E-state index contributed by atoms with van der Waals surface area (Å²) in [6, 6.07) is 12.0. The van der Waals surface area contributed by atoms with Crippen LogP contribution in [-0.2, 0) is 0 Å². The lowest BCUT2D eigenvalue weighted by molar-refractivity contribution is 0.209. The van der Waals surface area contributed by atoms with Crippen LogP contribution in [0, 0.1) is 0 Å². The third-order valence-corrected chi connectivity index (χ3v) is 4.96. The highest BCUT2D eigenvalue weighted by atomic mass is 16.5. The lowest BCUT2D eigenvalue weighted by Crippen LogP contribution is -2.49. The van der Waals surface area contributed by atoms with Crippen LogP contribution < -0.4 is 10.6 Å². The molecule has 0 bridgehead atoms. The van der Waals surface area contributed by atoms with Crippen LogP contribution in [0.4, 0.5) is 11.5 Å². The van der Waals surface area contributed by atoms with Crippen LogP contribution in [0.1, 0.15) is 13.8 Å². The van der Waals surface area contributed by atoms with Crippen molar-refractivity contribution in [3.05, 3.63) is 42.6 Å². The van der Waals surface area contributed by atoms with E-state index in [4.69, 9.17) is 10.3 Å². The van der Waals surface area contributed by atoms with E-state index >= 15 is 0 Å². The molecule has 0 amide bonds. The van der Waals surface area contributed by atoms with E-state index in [0.29, 0.717) is 23.4 Å². The van der Waals surface area contributed by atoms with Crippen LogP contribution in [0.5, 0.6) is 0 Å². The van der Waals surface area contributed by atoms with Crippen molar-refractivity contribution in [1.29, 1.82) is 0 Å². The third-order valence-electron chi connectivity index (χ3n) is 4.96. The standard InChI is InChI=1S/C20H24N6O/c1-14(2)25-9-11-26(12-10-25)18-8-5-16(13-22-18)19-23-20(27-24-19)15-3-6-17(21)7-4-15/h3-8,13-14H,9-12,21H2,1-2H3. The third kappa shape index (κ3) is 3.78. The summed E-state index contributed by atoms with van der Waals surface area (Å²) in [5.74, 6) is 1.99. The topological polar surface area (TPSA) is 84.3 Å². The van der Waals surface area contributed by atoms with Gasteiger partial charge in [-0.25, -0.2) is 4.98 Å². The van der Waals surface area contributed by atoms with Gasteiger partial charge in [0.05, 0.1) is 0 Å². The number of hydrogen-bond acceptors (Lipinski definition) is 7. The summed E-state index contributed by atoms with van der Waals surface area (Å²) in [4.78, 5) is 13.9. The first-order valence-corrected chi connectivity index (χ1v) is 9.25. The van der Waals surface area contributed by atoms with Gasteiger partial charge < -0.3 is 15.2 Å². The largest absolute Gasteiger partial charge is 0.399 e. The predicted octanol–water partition coefficient (Wildman–Crippen LogP) is 2.91. The molecule has 0 saturated carbocycles. The molecule has 1 aliphatic heterocycles. The maximum atomic E-state index is 5.72. The van der Waals surface area contributed by atoms with Gasteiger partial charge in [0.1, 0.15) is 5.82 Å². The Balaban J connectivity index is 1.46. The molecular formula is C20H24N6O. The van der Waals surface area contributed by atoms with E-state index in [1.807, 2.05) is 42.6 Å². The minimum absolute atomic E-state index is 0.471. The van der Waals surface area contributed by atoms with Gasteiger partial charge in [0.15, 0.2) is 0 Å². The van der Waals surface area contributed by atoms with Crippen molar-refractivity contribution < 1.29 is 4.52 Å². The van der Waals surface area contributed by atoms with E-state index < -0.39 is 0 Å². The second kappa shape index (κ2) is 7.36. The maximum absolute atomic E-state index is 5.72. The summed E-state index contributed by atoms with van der Waals surface area (Å²) >= 11 is 0. The highest BCUT2D eigenvalue weighted by Gasteiger charge is 2.20. The van der Waals surface area contributed by atoms with Gasteiger partial charge >= 0.3 is 0 Å². The van der Waals surface area contributed by atoms with E-state index in [1.165, 1.54) is 0 Å². The fraction of sp³-hybridized carbons (Fsp3) is 0.350. The summed E-state index contributed by atoms with van der Waals surface area (Å²) in [5, 5.41) is 4.08. The predicted molar refractivity (Wildman–Crippen MR) is 106 cm³/mol. The fourth-order valence-corrected chi connectivity index (χ4v) is 3.26. The molecule has 27 heavy (non-hydrogen) atoms. The summed E-state index contributed by atoms with van der Waals surface area (Å²) in [6.45, 7) is 8.61. The number of pyridine rings is 1. The highest BCUT2D eigenvalue weighted by molar-refractivity contribution is 5.61. The first-order chi connectivity index (χ1) is 13.1. The Bertz CT molecular complexity index is 880. The Morgan fingerprint density at radius 1 is 0.963 bits per heavy atom. The summed E-state index contributed by atoms with van der Waals surface area (Å²) in [6.07, 6.45) is 1.81. The molecule has 7 heteroatoms. The van der Waals surface area contributed by atoms with Crippen LogP contribution in [0.2, 0.25) is 0 Å². The zero-order valence-electron chi connectivity index (χ0n) is 15.7. The Hall–Kier alpha value is -2.93. The number of piperazine rings is 1. The van der Waals surface area contributed by atoms with Gasteiger partial charge in [-0.15, -0.1) is 0 Å². The Labute approximate surface area is 158 Å². The zero-order chi connectivity index (χ0) is 18.8. The molecule has 0 atom stereocenters. The molecule has 0 unspecified atom stereocenters. The molecule has 140 valence electrons. The second-order valence-corrected chi connectivity index (χ2v) is 7.07. The normalized spacial score (nSPS) is 15.4. The number of hydrogen-bond donors (Lipinski definition) is 1. The number of nitrogens with two attached hydrogens (primary N) is 1. The van der Waals surface area contributed by atoms with Gasteiger partial charge in [-0.3, -0.25) is 4.90 Å². The first kappa shape index (κ1) is 17.5. The number of nitrogen functional groups attached to an aromatic ring is 1. The summed E-state index contributed by atoms with van der Waals surface area (Å²) < 4.78 is 5.38. The van der Waals surface area contributed by atoms with Crippen molar-refractivity contribution in [3.63, 3.8) is 0 Å².